The molecule has 0 spiro atoms. The van der Waals surface area contributed by atoms with Crippen LogP contribution in [0.25, 0.3) is 0 Å². The lowest BCUT2D eigenvalue weighted by atomic mass is 9.97. The van der Waals surface area contributed by atoms with Gasteiger partial charge in [-0.05, 0) is 55.1 Å². The molecule has 0 fully saturated rings. The maximum Gasteiger partial charge on any atom is 0.123 e. The van der Waals surface area contributed by atoms with E-state index in [1.54, 1.807) is 0 Å². The van der Waals surface area contributed by atoms with Crippen molar-refractivity contribution in [3.63, 3.8) is 0 Å². The Bertz CT molecular complexity index is 498. The molecule has 0 radical (unpaired) electrons. The van der Waals surface area contributed by atoms with Crippen LogP contribution < -0.4 is 10.5 Å². The zero-order valence-corrected chi connectivity index (χ0v) is 11.5. The van der Waals surface area contributed by atoms with Crippen LogP contribution in [-0.2, 0) is 6.42 Å². The minimum Gasteiger partial charge on any atom is -0.494 e. The number of hydrogen-bond donors (Lipinski definition) is 1. The fourth-order valence-electron chi connectivity index (χ4n) is 2.12. The molecule has 0 bridgehead atoms. The Morgan fingerprint density at radius 3 is 2.35 bits per heavy atom. The summed E-state index contributed by atoms with van der Waals surface area (Å²) in [7, 11) is 0. The maximum atomic E-state index is 12.9. The van der Waals surface area contributed by atoms with Gasteiger partial charge in [0.15, 0.2) is 0 Å². The lowest BCUT2D eigenvalue weighted by molar-refractivity contribution is 0.279. The molecule has 106 valence electrons. The molecule has 3 heteroatoms. The molecule has 2 rings (SSSR count). The molecule has 0 amide bonds. The predicted molar refractivity (Wildman–Crippen MR) is 79.2 cm³/mol. The quantitative estimate of drug-likeness (QED) is 0.839. The molecule has 0 aliphatic carbocycles. The van der Waals surface area contributed by atoms with E-state index in [9.17, 15) is 4.39 Å². The molecule has 2 nitrogen and oxygen atoms in total. The van der Waals surface area contributed by atoms with Gasteiger partial charge in [-0.25, -0.2) is 4.39 Å². The van der Waals surface area contributed by atoms with Crippen molar-refractivity contribution in [1.82, 2.24) is 0 Å². The molecule has 2 aromatic carbocycles. The summed E-state index contributed by atoms with van der Waals surface area (Å²) < 4.78 is 18.5. The molecule has 2 N–H and O–H groups in total. The number of ether oxygens (including phenoxy) is 1. The van der Waals surface area contributed by atoms with E-state index >= 15 is 0 Å². The third kappa shape index (κ3) is 4.67. The van der Waals surface area contributed by atoms with E-state index in [2.05, 4.69) is 0 Å². The Hall–Kier alpha value is -1.87. The van der Waals surface area contributed by atoms with Crippen LogP contribution in [0.3, 0.4) is 0 Å². The standard InChI is InChI=1S/C17H20FNO/c18-16-8-6-14(7-9-16)12-15(13-19)10-11-20-17-4-2-1-3-5-17/h1-9,15H,10-13,19H2. The van der Waals surface area contributed by atoms with Gasteiger partial charge in [-0.1, -0.05) is 30.3 Å². The molecule has 0 saturated carbocycles. The summed E-state index contributed by atoms with van der Waals surface area (Å²) in [5.74, 6) is 1.03. The van der Waals surface area contributed by atoms with E-state index in [1.807, 2.05) is 42.5 Å². The maximum absolute atomic E-state index is 12.9. The average Bonchev–Trinajstić information content (AvgIpc) is 2.49. The number of benzene rings is 2. The number of rotatable bonds is 7. The fourth-order valence-corrected chi connectivity index (χ4v) is 2.12. The number of hydrogen-bond acceptors (Lipinski definition) is 2. The predicted octanol–water partition coefficient (Wildman–Crippen LogP) is 3.41. The second-order valence-electron chi connectivity index (χ2n) is 4.88. The van der Waals surface area contributed by atoms with Crippen LogP contribution in [-0.4, -0.2) is 13.2 Å². The Morgan fingerprint density at radius 1 is 1.00 bits per heavy atom. The third-order valence-electron chi connectivity index (χ3n) is 3.31. The van der Waals surface area contributed by atoms with E-state index in [1.165, 1.54) is 12.1 Å². The summed E-state index contributed by atoms with van der Waals surface area (Å²) in [5, 5.41) is 0. The van der Waals surface area contributed by atoms with Crippen molar-refractivity contribution in [3.8, 4) is 5.75 Å². The van der Waals surface area contributed by atoms with Gasteiger partial charge in [-0.2, -0.15) is 0 Å². The van der Waals surface area contributed by atoms with Crippen LogP contribution in [0.1, 0.15) is 12.0 Å². The van der Waals surface area contributed by atoms with Crippen LogP contribution in [0.15, 0.2) is 54.6 Å². The number of para-hydroxylation sites is 1. The van der Waals surface area contributed by atoms with Gasteiger partial charge < -0.3 is 10.5 Å². The van der Waals surface area contributed by atoms with Crippen molar-refractivity contribution in [2.24, 2.45) is 11.7 Å². The first-order valence-electron chi connectivity index (χ1n) is 6.90. The van der Waals surface area contributed by atoms with Crippen LogP contribution in [0.4, 0.5) is 4.39 Å². The Labute approximate surface area is 119 Å². The van der Waals surface area contributed by atoms with Gasteiger partial charge in [-0.3, -0.25) is 0 Å². The lowest BCUT2D eigenvalue weighted by Gasteiger charge is -2.15. The van der Waals surface area contributed by atoms with Gasteiger partial charge in [0.25, 0.3) is 0 Å². The summed E-state index contributed by atoms with van der Waals surface area (Å²) >= 11 is 0. The Balaban J connectivity index is 1.79. The Morgan fingerprint density at radius 2 is 1.70 bits per heavy atom. The zero-order chi connectivity index (χ0) is 14.2. The van der Waals surface area contributed by atoms with Gasteiger partial charge >= 0.3 is 0 Å². The van der Waals surface area contributed by atoms with Gasteiger partial charge in [0.1, 0.15) is 11.6 Å². The highest BCUT2D eigenvalue weighted by Crippen LogP contribution is 2.14. The van der Waals surface area contributed by atoms with Crippen molar-refractivity contribution in [2.75, 3.05) is 13.2 Å². The van der Waals surface area contributed by atoms with Crippen molar-refractivity contribution >= 4 is 0 Å². The molecule has 0 aromatic heterocycles. The van der Waals surface area contributed by atoms with Crippen LogP contribution >= 0.6 is 0 Å². The highest BCUT2D eigenvalue weighted by atomic mass is 19.1. The first-order chi connectivity index (χ1) is 9.78. The molecule has 1 atom stereocenters. The molecule has 1 unspecified atom stereocenters. The second kappa shape index (κ2) is 7.65. The average molecular weight is 273 g/mol. The number of nitrogens with two attached hydrogens (primary N) is 1. The first kappa shape index (κ1) is 14.5. The van der Waals surface area contributed by atoms with Crippen molar-refractivity contribution in [2.45, 2.75) is 12.8 Å². The molecule has 0 aliphatic rings. The van der Waals surface area contributed by atoms with E-state index in [4.69, 9.17) is 10.5 Å². The summed E-state index contributed by atoms with van der Waals surface area (Å²) in [6.07, 6.45) is 1.75. The van der Waals surface area contributed by atoms with Crippen LogP contribution in [0.2, 0.25) is 0 Å². The second-order valence-corrected chi connectivity index (χ2v) is 4.88. The summed E-state index contributed by atoms with van der Waals surface area (Å²) in [4.78, 5) is 0. The number of halogens is 1. The van der Waals surface area contributed by atoms with Gasteiger partial charge in [0.2, 0.25) is 0 Å². The van der Waals surface area contributed by atoms with E-state index in [0.717, 1.165) is 24.2 Å². The lowest BCUT2D eigenvalue weighted by Crippen LogP contribution is -2.19. The smallest absolute Gasteiger partial charge is 0.123 e. The first-order valence-corrected chi connectivity index (χ1v) is 6.90. The molecular weight excluding hydrogens is 253 g/mol. The van der Waals surface area contributed by atoms with Crippen molar-refractivity contribution in [3.05, 3.63) is 66.0 Å². The summed E-state index contributed by atoms with van der Waals surface area (Å²) in [6.45, 7) is 1.25. The minimum atomic E-state index is -0.203. The Kier molecular flexibility index (Phi) is 5.56. The molecule has 2 aromatic rings. The topological polar surface area (TPSA) is 35.2 Å². The van der Waals surface area contributed by atoms with Crippen molar-refractivity contribution < 1.29 is 9.13 Å². The molecule has 0 saturated heterocycles. The van der Waals surface area contributed by atoms with Crippen molar-refractivity contribution in [1.29, 1.82) is 0 Å². The highest BCUT2D eigenvalue weighted by molar-refractivity contribution is 5.21. The monoisotopic (exact) mass is 273 g/mol. The molecule has 20 heavy (non-hydrogen) atoms. The largest absolute Gasteiger partial charge is 0.494 e. The van der Waals surface area contributed by atoms with Gasteiger partial charge in [0.05, 0.1) is 6.61 Å². The summed E-state index contributed by atoms with van der Waals surface area (Å²) in [6, 6.07) is 16.4. The van der Waals surface area contributed by atoms with Gasteiger partial charge in [0, 0.05) is 0 Å². The molecule has 0 aliphatic heterocycles. The normalized spacial score (nSPS) is 12.1. The third-order valence-corrected chi connectivity index (χ3v) is 3.31. The SMILES string of the molecule is NCC(CCOc1ccccc1)Cc1ccc(F)cc1. The minimum absolute atomic E-state index is 0.203. The van der Waals surface area contributed by atoms with E-state index < -0.39 is 0 Å². The molecular formula is C17H20FNO. The highest BCUT2D eigenvalue weighted by Gasteiger charge is 2.08. The van der Waals surface area contributed by atoms with Crippen LogP contribution in [0.5, 0.6) is 5.75 Å². The van der Waals surface area contributed by atoms with Gasteiger partial charge in [-0.15, -0.1) is 0 Å². The zero-order valence-electron chi connectivity index (χ0n) is 11.5. The molecule has 0 heterocycles. The van der Waals surface area contributed by atoms with Crippen LogP contribution in [0, 0.1) is 11.7 Å². The van der Waals surface area contributed by atoms with E-state index in [0.29, 0.717) is 19.1 Å². The van der Waals surface area contributed by atoms with E-state index in [-0.39, 0.29) is 5.82 Å². The fraction of sp³-hybridized carbons (Fsp3) is 0.294. The summed E-state index contributed by atoms with van der Waals surface area (Å²) in [5.41, 5.74) is 6.91.